The Morgan fingerprint density at radius 3 is 2.64 bits per heavy atom. The minimum atomic E-state index is -0.526. The highest BCUT2D eigenvalue weighted by Crippen LogP contribution is 2.23. The number of benzene rings is 1. The number of aromatic nitrogens is 3. The lowest BCUT2D eigenvalue weighted by Gasteiger charge is -2.10. The Morgan fingerprint density at radius 1 is 1.23 bits per heavy atom. The number of rotatable bonds is 4. The van der Waals surface area contributed by atoms with Crippen molar-refractivity contribution >= 4 is 23.7 Å². The van der Waals surface area contributed by atoms with E-state index in [-0.39, 0.29) is 11.7 Å². The summed E-state index contributed by atoms with van der Waals surface area (Å²) in [5.74, 6) is 0.432. The van der Waals surface area contributed by atoms with Crippen molar-refractivity contribution in [2.75, 3.05) is 12.8 Å². The van der Waals surface area contributed by atoms with Crippen molar-refractivity contribution in [1.29, 1.82) is 0 Å². The monoisotopic (exact) mass is 319 g/mol. The highest BCUT2D eigenvalue weighted by Gasteiger charge is 2.15. The predicted octanol–water partition coefficient (Wildman–Crippen LogP) is 1.43. The summed E-state index contributed by atoms with van der Waals surface area (Å²) in [5, 5.41) is 13.3. The Bertz CT molecular complexity index is 698. The number of nitrogens with zero attached hydrogens (tertiary/aromatic N) is 3. The molecule has 7 nitrogen and oxygen atoms in total. The summed E-state index contributed by atoms with van der Waals surface area (Å²) in [7, 11) is 1.45. The topological polar surface area (TPSA) is 88.9 Å². The van der Waals surface area contributed by atoms with Crippen LogP contribution in [0.4, 0.5) is 4.79 Å². The van der Waals surface area contributed by atoms with Gasteiger partial charge in [0.15, 0.2) is 5.16 Å². The summed E-state index contributed by atoms with van der Waals surface area (Å²) in [5.41, 5.74) is 2.06. The van der Waals surface area contributed by atoms with Gasteiger partial charge in [0.05, 0.1) is 11.4 Å². The zero-order chi connectivity index (χ0) is 16.1. The first-order valence-corrected chi connectivity index (χ1v) is 7.64. The van der Waals surface area contributed by atoms with Crippen LogP contribution < -0.4 is 10.6 Å². The van der Waals surface area contributed by atoms with Gasteiger partial charge in [-0.05, 0) is 25.5 Å². The number of carbonyl (C=O) groups is 2. The number of imide groups is 1. The van der Waals surface area contributed by atoms with Gasteiger partial charge in [-0.1, -0.05) is 30.0 Å². The van der Waals surface area contributed by atoms with Crippen LogP contribution in [-0.2, 0) is 4.79 Å². The number of urea groups is 1. The number of hydrogen-bond donors (Lipinski definition) is 2. The molecule has 1 heterocycles. The maximum Gasteiger partial charge on any atom is 0.321 e. The van der Waals surface area contributed by atoms with Crippen molar-refractivity contribution < 1.29 is 9.59 Å². The van der Waals surface area contributed by atoms with E-state index in [4.69, 9.17) is 0 Å². The van der Waals surface area contributed by atoms with E-state index >= 15 is 0 Å². The van der Waals surface area contributed by atoms with Crippen LogP contribution in [0.1, 0.15) is 11.4 Å². The van der Waals surface area contributed by atoms with Crippen LogP contribution in [-0.4, -0.2) is 39.5 Å². The Kier molecular flexibility index (Phi) is 5.16. The van der Waals surface area contributed by atoms with E-state index in [0.717, 1.165) is 17.1 Å². The molecule has 0 fully saturated rings. The lowest BCUT2D eigenvalue weighted by molar-refractivity contribution is -0.117. The second-order valence-electron chi connectivity index (χ2n) is 4.57. The Morgan fingerprint density at radius 2 is 1.95 bits per heavy atom. The molecular formula is C14H17N5O2S. The third kappa shape index (κ3) is 3.64. The first-order valence-electron chi connectivity index (χ1n) is 6.65. The second-order valence-corrected chi connectivity index (χ2v) is 5.51. The molecule has 0 aliphatic rings. The Hall–Kier alpha value is -2.35. The number of para-hydroxylation sites is 1. The minimum Gasteiger partial charge on any atom is -0.341 e. The standard InChI is InChI=1S/C14H17N5O2S/c1-9-6-4-5-7-11(9)19-10(2)17-18-14(19)22-8-12(20)16-13(21)15-3/h4-7H,8H2,1-3H3,(H2,15,16,20,21). The number of thioether (sulfide) groups is 1. The molecule has 2 aromatic rings. The molecule has 8 heteroatoms. The molecule has 0 saturated carbocycles. The molecule has 0 bridgehead atoms. The molecule has 2 N–H and O–H groups in total. The molecule has 0 spiro atoms. The van der Waals surface area contributed by atoms with E-state index in [1.54, 1.807) is 0 Å². The van der Waals surface area contributed by atoms with Crippen LogP contribution in [0.2, 0.25) is 0 Å². The van der Waals surface area contributed by atoms with Crippen LogP contribution >= 0.6 is 11.8 Å². The van der Waals surface area contributed by atoms with Gasteiger partial charge in [0.25, 0.3) is 0 Å². The first-order chi connectivity index (χ1) is 10.5. The maximum atomic E-state index is 11.7. The highest BCUT2D eigenvalue weighted by atomic mass is 32.2. The van der Waals surface area contributed by atoms with E-state index in [2.05, 4.69) is 20.8 Å². The summed E-state index contributed by atoms with van der Waals surface area (Å²) in [6.07, 6.45) is 0. The summed E-state index contributed by atoms with van der Waals surface area (Å²) in [6, 6.07) is 7.35. The van der Waals surface area contributed by atoms with Crippen LogP contribution in [0.3, 0.4) is 0 Å². The molecule has 0 saturated heterocycles. The average Bonchev–Trinajstić information content (AvgIpc) is 2.86. The quantitative estimate of drug-likeness (QED) is 0.832. The van der Waals surface area contributed by atoms with Crippen LogP contribution in [0.25, 0.3) is 5.69 Å². The van der Waals surface area contributed by atoms with Gasteiger partial charge in [-0.15, -0.1) is 10.2 Å². The van der Waals surface area contributed by atoms with Gasteiger partial charge >= 0.3 is 6.03 Å². The smallest absolute Gasteiger partial charge is 0.321 e. The Labute approximate surface area is 132 Å². The predicted molar refractivity (Wildman–Crippen MR) is 84.2 cm³/mol. The summed E-state index contributed by atoms with van der Waals surface area (Å²) < 4.78 is 1.90. The van der Waals surface area contributed by atoms with Crippen molar-refractivity contribution in [3.63, 3.8) is 0 Å². The van der Waals surface area contributed by atoms with Gasteiger partial charge in [0.2, 0.25) is 5.91 Å². The summed E-state index contributed by atoms with van der Waals surface area (Å²) in [4.78, 5) is 22.7. The number of carbonyl (C=O) groups excluding carboxylic acids is 2. The van der Waals surface area contributed by atoms with E-state index in [1.165, 1.54) is 18.8 Å². The van der Waals surface area contributed by atoms with E-state index in [9.17, 15) is 9.59 Å². The molecule has 22 heavy (non-hydrogen) atoms. The largest absolute Gasteiger partial charge is 0.341 e. The lowest BCUT2D eigenvalue weighted by atomic mass is 10.2. The van der Waals surface area contributed by atoms with Gasteiger partial charge in [0, 0.05) is 7.05 Å². The van der Waals surface area contributed by atoms with Crippen LogP contribution in [0.15, 0.2) is 29.4 Å². The summed E-state index contributed by atoms with van der Waals surface area (Å²) >= 11 is 1.23. The Balaban J connectivity index is 2.15. The SMILES string of the molecule is CNC(=O)NC(=O)CSc1nnc(C)n1-c1ccccc1C. The molecule has 0 aliphatic heterocycles. The maximum absolute atomic E-state index is 11.7. The third-order valence-corrected chi connectivity index (χ3v) is 3.89. The fraction of sp³-hybridized carbons (Fsp3) is 0.286. The minimum absolute atomic E-state index is 0.0808. The molecule has 116 valence electrons. The molecule has 0 atom stereocenters. The zero-order valence-electron chi connectivity index (χ0n) is 12.6. The number of nitrogens with one attached hydrogen (secondary N) is 2. The molecule has 0 radical (unpaired) electrons. The average molecular weight is 319 g/mol. The fourth-order valence-corrected chi connectivity index (χ4v) is 2.67. The van der Waals surface area contributed by atoms with Crippen molar-refractivity contribution in [3.8, 4) is 5.69 Å². The number of amides is 3. The number of hydrogen-bond acceptors (Lipinski definition) is 5. The van der Waals surface area contributed by atoms with E-state index in [1.807, 2.05) is 42.7 Å². The molecule has 1 aromatic carbocycles. The summed E-state index contributed by atoms with van der Waals surface area (Å²) in [6.45, 7) is 3.86. The lowest BCUT2D eigenvalue weighted by Crippen LogP contribution is -2.38. The highest BCUT2D eigenvalue weighted by molar-refractivity contribution is 7.99. The van der Waals surface area contributed by atoms with Gasteiger partial charge in [-0.25, -0.2) is 4.79 Å². The van der Waals surface area contributed by atoms with Crippen LogP contribution in [0.5, 0.6) is 0 Å². The molecular weight excluding hydrogens is 302 g/mol. The molecule has 3 amide bonds. The molecule has 1 aromatic heterocycles. The third-order valence-electron chi connectivity index (χ3n) is 2.96. The van der Waals surface area contributed by atoms with Gasteiger partial charge in [-0.3, -0.25) is 14.7 Å². The van der Waals surface area contributed by atoms with Gasteiger partial charge < -0.3 is 5.32 Å². The van der Waals surface area contributed by atoms with Crippen molar-refractivity contribution in [2.24, 2.45) is 0 Å². The number of aryl methyl sites for hydroxylation is 2. The molecule has 0 unspecified atom stereocenters. The van der Waals surface area contributed by atoms with Crippen molar-refractivity contribution in [2.45, 2.75) is 19.0 Å². The van der Waals surface area contributed by atoms with Crippen molar-refractivity contribution in [3.05, 3.63) is 35.7 Å². The first kappa shape index (κ1) is 16.0. The zero-order valence-corrected chi connectivity index (χ0v) is 13.4. The van der Waals surface area contributed by atoms with Gasteiger partial charge in [-0.2, -0.15) is 0 Å². The van der Waals surface area contributed by atoms with Crippen molar-refractivity contribution in [1.82, 2.24) is 25.4 Å². The molecule has 0 aliphatic carbocycles. The normalized spacial score (nSPS) is 10.3. The van der Waals surface area contributed by atoms with E-state index < -0.39 is 6.03 Å². The second kappa shape index (κ2) is 7.08. The van der Waals surface area contributed by atoms with Gasteiger partial charge in [0.1, 0.15) is 5.82 Å². The molecule has 2 rings (SSSR count). The van der Waals surface area contributed by atoms with E-state index in [0.29, 0.717) is 5.16 Å². The van der Waals surface area contributed by atoms with Crippen LogP contribution in [0, 0.1) is 13.8 Å². The fourth-order valence-electron chi connectivity index (χ4n) is 1.88.